The molecule has 0 amide bonds. The Labute approximate surface area is 120 Å². The van der Waals surface area contributed by atoms with Gasteiger partial charge in [-0.15, -0.1) is 11.3 Å². The Hall–Kier alpha value is -0.860. The molecule has 0 radical (unpaired) electrons. The molecule has 0 aromatic carbocycles. The van der Waals surface area contributed by atoms with Crippen LogP contribution in [0.3, 0.4) is 0 Å². The van der Waals surface area contributed by atoms with Gasteiger partial charge in [0.1, 0.15) is 0 Å². The zero-order valence-corrected chi connectivity index (χ0v) is 12.7. The van der Waals surface area contributed by atoms with Gasteiger partial charge in [0.15, 0.2) is 0 Å². The van der Waals surface area contributed by atoms with E-state index in [0.717, 1.165) is 25.2 Å². The van der Waals surface area contributed by atoms with E-state index in [1.54, 1.807) is 11.3 Å². The van der Waals surface area contributed by atoms with Crippen LogP contribution in [0.5, 0.6) is 0 Å². The minimum Gasteiger partial charge on any atom is -0.320 e. The highest BCUT2D eigenvalue weighted by Crippen LogP contribution is 2.19. The lowest BCUT2D eigenvalue weighted by molar-refractivity contribution is 0.105. The normalized spacial score (nSPS) is 17.5. The maximum Gasteiger partial charge on any atom is 0.0555 e. The molecule has 4 heteroatoms. The van der Waals surface area contributed by atoms with Crippen LogP contribution in [0.25, 0.3) is 0 Å². The van der Waals surface area contributed by atoms with Gasteiger partial charge in [-0.05, 0) is 25.3 Å². The maximum atomic E-state index is 5.44. The van der Waals surface area contributed by atoms with Crippen LogP contribution in [-0.4, -0.2) is 48.6 Å². The van der Waals surface area contributed by atoms with Gasteiger partial charge in [-0.25, -0.2) is 0 Å². The summed E-state index contributed by atoms with van der Waals surface area (Å²) < 4.78 is 0. The first-order valence-electron chi connectivity index (χ1n) is 6.92. The van der Waals surface area contributed by atoms with Crippen LogP contribution < -0.4 is 5.73 Å². The minimum absolute atomic E-state index is 0.433. The Kier molecular flexibility index (Phi) is 5.41. The Morgan fingerprint density at radius 2 is 2.05 bits per heavy atom. The highest BCUT2D eigenvalue weighted by atomic mass is 32.1. The van der Waals surface area contributed by atoms with E-state index >= 15 is 0 Å². The fourth-order valence-electron chi connectivity index (χ4n) is 2.36. The second-order valence-corrected chi connectivity index (χ2v) is 6.17. The second-order valence-electron chi connectivity index (χ2n) is 5.17. The van der Waals surface area contributed by atoms with Crippen molar-refractivity contribution in [3.8, 4) is 11.8 Å². The Balaban J connectivity index is 1.91. The fraction of sp³-hybridized carbons (Fsp3) is 0.600. The molecule has 1 fully saturated rings. The third-order valence-corrected chi connectivity index (χ3v) is 4.48. The summed E-state index contributed by atoms with van der Waals surface area (Å²) in [7, 11) is 0. The molecular weight excluding hydrogens is 254 g/mol. The Bertz CT molecular complexity index is 447. The number of piperazine rings is 1. The van der Waals surface area contributed by atoms with Crippen molar-refractivity contribution in [3.05, 3.63) is 21.9 Å². The summed E-state index contributed by atoms with van der Waals surface area (Å²) in [4.78, 5) is 6.44. The summed E-state index contributed by atoms with van der Waals surface area (Å²) in [5.41, 5.74) is 6.59. The Morgan fingerprint density at radius 3 is 2.68 bits per heavy atom. The summed E-state index contributed by atoms with van der Waals surface area (Å²) in [6.45, 7) is 10.7. The predicted molar refractivity (Wildman–Crippen MR) is 82.2 cm³/mol. The average Bonchev–Trinajstić information content (AvgIpc) is 2.84. The molecule has 0 spiro atoms. The molecule has 104 valence electrons. The number of nitrogens with two attached hydrogens (primary N) is 1. The van der Waals surface area contributed by atoms with Gasteiger partial charge >= 0.3 is 0 Å². The largest absolute Gasteiger partial charge is 0.320 e. The summed E-state index contributed by atoms with van der Waals surface area (Å²) in [5.74, 6) is 6.12. The van der Waals surface area contributed by atoms with Crippen LogP contribution in [-0.2, 0) is 6.54 Å². The van der Waals surface area contributed by atoms with E-state index < -0.39 is 0 Å². The molecule has 1 aliphatic rings. The van der Waals surface area contributed by atoms with Crippen LogP contribution in [0.15, 0.2) is 11.4 Å². The molecule has 0 saturated carbocycles. The van der Waals surface area contributed by atoms with Crippen LogP contribution in [0.2, 0.25) is 0 Å². The third-order valence-electron chi connectivity index (χ3n) is 3.57. The average molecular weight is 277 g/mol. The minimum atomic E-state index is 0.433. The van der Waals surface area contributed by atoms with Gasteiger partial charge < -0.3 is 5.73 Å². The summed E-state index contributed by atoms with van der Waals surface area (Å²) in [5, 5.41) is 2.13. The molecule has 2 heterocycles. The van der Waals surface area contributed by atoms with Crippen molar-refractivity contribution < 1.29 is 0 Å². The molecule has 19 heavy (non-hydrogen) atoms. The van der Waals surface area contributed by atoms with E-state index in [1.165, 1.54) is 18.0 Å². The summed E-state index contributed by atoms with van der Waals surface area (Å²) >= 11 is 1.80. The standard InChI is InChI=1S/C15H23N3S/c1-13(2)18-9-7-17(8-10-18)12-15-14(4-3-6-16)5-11-19-15/h5,11,13H,6-10,12,16H2,1-2H3. The van der Waals surface area contributed by atoms with E-state index in [2.05, 4.69) is 46.9 Å². The zero-order chi connectivity index (χ0) is 13.7. The van der Waals surface area contributed by atoms with Crippen molar-refractivity contribution in [2.75, 3.05) is 32.7 Å². The predicted octanol–water partition coefficient (Wildman–Crippen LogP) is 1.58. The van der Waals surface area contributed by atoms with E-state index in [0.29, 0.717) is 12.6 Å². The van der Waals surface area contributed by atoms with E-state index in [-0.39, 0.29) is 0 Å². The SMILES string of the molecule is CC(C)N1CCN(Cc2sccc2C#CCN)CC1. The quantitative estimate of drug-likeness (QED) is 0.852. The monoisotopic (exact) mass is 277 g/mol. The van der Waals surface area contributed by atoms with Gasteiger partial charge in [0.05, 0.1) is 6.54 Å². The molecule has 1 aliphatic heterocycles. The van der Waals surface area contributed by atoms with Crippen LogP contribution in [0.1, 0.15) is 24.3 Å². The number of nitrogens with zero attached hydrogens (tertiary/aromatic N) is 2. The number of rotatable bonds is 3. The van der Waals surface area contributed by atoms with Crippen LogP contribution >= 0.6 is 11.3 Å². The summed E-state index contributed by atoms with van der Waals surface area (Å²) in [6, 6.07) is 2.77. The molecule has 0 atom stereocenters. The zero-order valence-electron chi connectivity index (χ0n) is 11.9. The molecule has 0 aliphatic carbocycles. The molecule has 2 rings (SSSR count). The lowest BCUT2D eigenvalue weighted by Gasteiger charge is -2.36. The molecule has 0 bridgehead atoms. The lowest BCUT2D eigenvalue weighted by atomic mass is 10.2. The smallest absolute Gasteiger partial charge is 0.0555 e. The van der Waals surface area contributed by atoms with Gasteiger partial charge in [0.2, 0.25) is 0 Å². The molecule has 0 unspecified atom stereocenters. The van der Waals surface area contributed by atoms with Gasteiger partial charge in [0, 0.05) is 49.2 Å². The second kappa shape index (κ2) is 7.06. The fourth-order valence-corrected chi connectivity index (χ4v) is 3.23. The molecule has 1 aromatic rings. The molecule has 3 nitrogen and oxygen atoms in total. The summed E-state index contributed by atoms with van der Waals surface area (Å²) in [6.07, 6.45) is 0. The van der Waals surface area contributed by atoms with Crippen molar-refractivity contribution >= 4 is 11.3 Å². The molecular formula is C15H23N3S. The third kappa shape index (κ3) is 4.05. The van der Waals surface area contributed by atoms with E-state index in [9.17, 15) is 0 Å². The van der Waals surface area contributed by atoms with Gasteiger partial charge in [0.25, 0.3) is 0 Å². The number of thiophene rings is 1. The van der Waals surface area contributed by atoms with Crippen LogP contribution in [0.4, 0.5) is 0 Å². The van der Waals surface area contributed by atoms with Crippen molar-refractivity contribution in [1.82, 2.24) is 9.80 Å². The first-order chi connectivity index (χ1) is 9.20. The highest BCUT2D eigenvalue weighted by Gasteiger charge is 2.19. The van der Waals surface area contributed by atoms with Crippen molar-refractivity contribution in [2.45, 2.75) is 26.4 Å². The van der Waals surface area contributed by atoms with Crippen molar-refractivity contribution in [1.29, 1.82) is 0 Å². The number of hydrogen-bond donors (Lipinski definition) is 1. The first-order valence-corrected chi connectivity index (χ1v) is 7.80. The molecule has 1 aromatic heterocycles. The van der Waals surface area contributed by atoms with Gasteiger partial charge in [-0.3, -0.25) is 9.80 Å². The molecule has 1 saturated heterocycles. The van der Waals surface area contributed by atoms with Crippen LogP contribution in [0, 0.1) is 11.8 Å². The van der Waals surface area contributed by atoms with Crippen molar-refractivity contribution in [3.63, 3.8) is 0 Å². The number of hydrogen-bond acceptors (Lipinski definition) is 4. The van der Waals surface area contributed by atoms with E-state index in [4.69, 9.17) is 5.73 Å². The molecule has 2 N–H and O–H groups in total. The first kappa shape index (κ1) is 14.5. The maximum absolute atomic E-state index is 5.44. The van der Waals surface area contributed by atoms with Crippen molar-refractivity contribution in [2.24, 2.45) is 5.73 Å². The van der Waals surface area contributed by atoms with E-state index in [1.807, 2.05) is 0 Å². The Morgan fingerprint density at radius 1 is 1.32 bits per heavy atom. The highest BCUT2D eigenvalue weighted by molar-refractivity contribution is 7.10. The van der Waals surface area contributed by atoms with Gasteiger partial charge in [-0.1, -0.05) is 11.8 Å². The van der Waals surface area contributed by atoms with Gasteiger partial charge in [-0.2, -0.15) is 0 Å². The topological polar surface area (TPSA) is 32.5 Å². The lowest BCUT2D eigenvalue weighted by Crippen LogP contribution is -2.48.